The molecular weight excluding hydrogens is 339 g/mol. The van der Waals surface area contributed by atoms with Crippen molar-refractivity contribution in [3.05, 3.63) is 65.7 Å². The summed E-state index contributed by atoms with van der Waals surface area (Å²) in [6.45, 7) is 0.549. The largest absolute Gasteiger partial charge is 0.573 e. The van der Waals surface area contributed by atoms with E-state index in [1.807, 2.05) is 30.3 Å². The zero-order valence-electron chi connectivity index (χ0n) is 12.5. The third kappa shape index (κ3) is 3.84. The van der Waals surface area contributed by atoms with Crippen LogP contribution in [0.4, 0.5) is 13.2 Å². The number of halogens is 3. The fourth-order valence-corrected chi connectivity index (χ4v) is 3.82. The monoisotopic (exact) mass is 353 g/mol. The number of hydrogen-bond acceptors (Lipinski definition) is 3. The van der Waals surface area contributed by atoms with Gasteiger partial charge in [-0.15, -0.1) is 24.9 Å². The summed E-state index contributed by atoms with van der Waals surface area (Å²) in [6.07, 6.45) is -4.78. The second-order valence-corrected chi connectivity index (χ2v) is 6.40. The highest BCUT2D eigenvalue weighted by atomic mass is 32.2. The summed E-state index contributed by atoms with van der Waals surface area (Å²) < 4.78 is 40.9. The second kappa shape index (κ2) is 6.76. The molecule has 7 heteroatoms. The molecule has 0 bridgehead atoms. The quantitative estimate of drug-likeness (QED) is 0.815. The van der Waals surface area contributed by atoms with E-state index in [1.54, 1.807) is 16.7 Å². The summed E-state index contributed by atoms with van der Waals surface area (Å²) in [5, 5.41) is -0.133. The van der Waals surface area contributed by atoms with E-state index in [0.717, 1.165) is 17.4 Å². The van der Waals surface area contributed by atoms with Crippen molar-refractivity contribution >= 4 is 17.7 Å². The van der Waals surface area contributed by atoms with Crippen LogP contribution in [0.3, 0.4) is 0 Å². The Bertz CT molecular complexity index is 721. The van der Waals surface area contributed by atoms with Crippen LogP contribution >= 0.6 is 11.8 Å². The first-order valence-electron chi connectivity index (χ1n) is 7.27. The Morgan fingerprint density at radius 1 is 1.12 bits per heavy atom. The van der Waals surface area contributed by atoms with Gasteiger partial charge < -0.3 is 9.64 Å². The van der Waals surface area contributed by atoms with Crippen LogP contribution in [-0.4, -0.2) is 29.5 Å². The van der Waals surface area contributed by atoms with Gasteiger partial charge >= 0.3 is 6.36 Å². The molecule has 2 aromatic carbocycles. The minimum absolute atomic E-state index is 0.133. The minimum atomic E-state index is -4.78. The molecule has 1 amide bonds. The average molecular weight is 353 g/mol. The Labute approximate surface area is 141 Å². The van der Waals surface area contributed by atoms with Gasteiger partial charge in [0.25, 0.3) is 5.91 Å². The maximum absolute atomic E-state index is 12.7. The van der Waals surface area contributed by atoms with Gasteiger partial charge in [-0.2, -0.15) is 0 Å². The van der Waals surface area contributed by atoms with E-state index in [4.69, 9.17) is 0 Å². The maximum atomic E-state index is 12.7. The Hall–Kier alpha value is -2.15. The van der Waals surface area contributed by atoms with Crippen LogP contribution in [0.5, 0.6) is 5.75 Å². The number of rotatable bonds is 3. The number of carbonyl (C=O) groups excluding carboxylic acids is 1. The van der Waals surface area contributed by atoms with E-state index >= 15 is 0 Å². The second-order valence-electron chi connectivity index (χ2n) is 5.21. The van der Waals surface area contributed by atoms with Gasteiger partial charge in [0.05, 0.1) is 0 Å². The van der Waals surface area contributed by atoms with E-state index in [1.165, 1.54) is 18.2 Å². The molecule has 24 heavy (non-hydrogen) atoms. The number of nitrogens with zero attached hydrogens (tertiary/aromatic N) is 1. The number of amides is 1. The van der Waals surface area contributed by atoms with Gasteiger partial charge in [-0.1, -0.05) is 36.4 Å². The van der Waals surface area contributed by atoms with Crippen molar-refractivity contribution in [1.29, 1.82) is 0 Å². The fraction of sp³-hybridized carbons (Fsp3) is 0.235. The first-order chi connectivity index (χ1) is 11.4. The Balaban J connectivity index is 1.82. The molecular formula is C17H14F3NO2S. The maximum Gasteiger partial charge on any atom is 0.573 e. The van der Waals surface area contributed by atoms with E-state index in [0.29, 0.717) is 6.54 Å². The first-order valence-corrected chi connectivity index (χ1v) is 8.32. The minimum Gasteiger partial charge on any atom is -0.406 e. The van der Waals surface area contributed by atoms with Crippen LogP contribution in [0, 0.1) is 0 Å². The number of ether oxygens (including phenoxy) is 1. The van der Waals surface area contributed by atoms with E-state index < -0.39 is 12.1 Å². The summed E-state index contributed by atoms with van der Waals surface area (Å²) in [6, 6.07) is 14.7. The lowest BCUT2D eigenvalue weighted by Crippen LogP contribution is -2.30. The van der Waals surface area contributed by atoms with Gasteiger partial charge in [0.2, 0.25) is 0 Å². The smallest absolute Gasteiger partial charge is 0.406 e. The zero-order chi connectivity index (χ0) is 17.2. The summed E-state index contributed by atoms with van der Waals surface area (Å²) in [4.78, 5) is 14.4. The van der Waals surface area contributed by atoms with Crippen LogP contribution in [0.1, 0.15) is 21.3 Å². The molecule has 1 atom stereocenters. The van der Waals surface area contributed by atoms with E-state index in [9.17, 15) is 18.0 Å². The van der Waals surface area contributed by atoms with Crippen LogP contribution in [0.2, 0.25) is 0 Å². The van der Waals surface area contributed by atoms with E-state index in [2.05, 4.69) is 4.74 Å². The molecule has 0 aliphatic carbocycles. The third-order valence-electron chi connectivity index (χ3n) is 3.55. The normalized spacial score (nSPS) is 17.8. The van der Waals surface area contributed by atoms with Gasteiger partial charge in [0, 0.05) is 17.9 Å². The van der Waals surface area contributed by atoms with Crippen LogP contribution in [-0.2, 0) is 0 Å². The summed E-state index contributed by atoms with van der Waals surface area (Å²) in [7, 11) is 0. The molecule has 0 aromatic heterocycles. The average Bonchev–Trinajstić information content (AvgIpc) is 3.03. The van der Waals surface area contributed by atoms with Gasteiger partial charge in [-0.05, 0) is 23.8 Å². The number of carbonyl (C=O) groups is 1. The molecule has 1 fully saturated rings. The van der Waals surface area contributed by atoms with Gasteiger partial charge in [-0.3, -0.25) is 4.79 Å². The fourth-order valence-electron chi connectivity index (χ4n) is 2.56. The molecule has 0 radical (unpaired) electrons. The third-order valence-corrected chi connectivity index (χ3v) is 4.81. The first kappa shape index (κ1) is 16.7. The number of thioether (sulfide) groups is 1. The summed E-state index contributed by atoms with van der Waals surface area (Å²) >= 11 is 1.63. The topological polar surface area (TPSA) is 29.5 Å². The lowest BCUT2D eigenvalue weighted by molar-refractivity contribution is -0.274. The SMILES string of the molecule is O=C(c1cccc(OC(F)(F)F)c1)N1CCSC1c1ccccc1. The highest BCUT2D eigenvalue weighted by Crippen LogP contribution is 2.38. The van der Waals surface area contributed by atoms with Crippen LogP contribution < -0.4 is 4.74 Å². The van der Waals surface area contributed by atoms with Gasteiger partial charge in [0.15, 0.2) is 0 Å². The standard InChI is InChI=1S/C17H14F3NO2S/c18-17(19,20)23-14-8-4-7-13(11-14)15(22)21-9-10-24-16(21)12-5-2-1-3-6-12/h1-8,11,16H,9-10H2. The van der Waals surface area contributed by atoms with Crippen molar-refractivity contribution in [2.24, 2.45) is 0 Å². The van der Waals surface area contributed by atoms with Crippen molar-refractivity contribution < 1.29 is 22.7 Å². The molecule has 1 saturated heterocycles. The van der Waals surface area contributed by atoms with Crippen molar-refractivity contribution in [1.82, 2.24) is 4.90 Å². The number of hydrogen-bond donors (Lipinski definition) is 0. The lowest BCUT2D eigenvalue weighted by Gasteiger charge is -2.24. The van der Waals surface area contributed by atoms with Crippen molar-refractivity contribution in [2.75, 3.05) is 12.3 Å². The molecule has 126 valence electrons. The summed E-state index contributed by atoms with van der Waals surface area (Å²) in [5.41, 5.74) is 1.18. The van der Waals surface area contributed by atoms with Crippen molar-refractivity contribution in [3.8, 4) is 5.75 Å². The zero-order valence-corrected chi connectivity index (χ0v) is 13.3. The predicted octanol–water partition coefficient (Wildman–Crippen LogP) is 4.47. The highest BCUT2D eigenvalue weighted by molar-refractivity contribution is 7.99. The Morgan fingerprint density at radius 2 is 1.88 bits per heavy atom. The van der Waals surface area contributed by atoms with Gasteiger partial charge in [-0.25, -0.2) is 0 Å². The molecule has 1 aliphatic rings. The molecule has 0 saturated carbocycles. The Kier molecular flexibility index (Phi) is 4.71. The number of benzene rings is 2. The predicted molar refractivity (Wildman–Crippen MR) is 85.8 cm³/mol. The molecule has 3 rings (SSSR count). The number of alkyl halides is 3. The van der Waals surface area contributed by atoms with Crippen LogP contribution in [0.15, 0.2) is 54.6 Å². The molecule has 0 spiro atoms. The highest BCUT2D eigenvalue weighted by Gasteiger charge is 2.33. The Morgan fingerprint density at radius 3 is 2.58 bits per heavy atom. The van der Waals surface area contributed by atoms with Crippen LogP contribution in [0.25, 0.3) is 0 Å². The molecule has 1 aliphatic heterocycles. The molecule has 2 aromatic rings. The van der Waals surface area contributed by atoms with Crippen molar-refractivity contribution in [3.63, 3.8) is 0 Å². The lowest BCUT2D eigenvalue weighted by atomic mass is 10.1. The molecule has 1 unspecified atom stereocenters. The van der Waals surface area contributed by atoms with Gasteiger partial charge in [0.1, 0.15) is 11.1 Å². The summed E-state index contributed by atoms with van der Waals surface area (Å²) in [5.74, 6) is 0.0854. The molecule has 3 nitrogen and oxygen atoms in total. The molecule has 0 N–H and O–H groups in total. The molecule has 1 heterocycles. The van der Waals surface area contributed by atoms with Crippen molar-refractivity contribution in [2.45, 2.75) is 11.7 Å². The van der Waals surface area contributed by atoms with E-state index in [-0.39, 0.29) is 16.8 Å².